The van der Waals surface area contributed by atoms with Gasteiger partial charge in [-0.15, -0.1) is 0 Å². The van der Waals surface area contributed by atoms with Crippen LogP contribution in [0.25, 0.3) is 0 Å². The summed E-state index contributed by atoms with van der Waals surface area (Å²) < 4.78 is 5.17. The number of hydrogen-bond donors (Lipinski definition) is 2. The number of halogens is 1. The smallest absolute Gasteiger partial charge is 0.319 e. The highest BCUT2D eigenvalue weighted by Crippen LogP contribution is 2.27. The van der Waals surface area contributed by atoms with Gasteiger partial charge in [0.05, 0.1) is 18.8 Å². The monoisotopic (exact) mass is 325 g/mol. The molecule has 3 amide bonds. The van der Waals surface area contributed by atoms with Crippen LogP contribution in [0.5, 0.6) is 5.75 Å². The Morgan fingerprint density at radius 3 is 2.77 bits per heavy atom. The highest BCUT2D eigenvalue weighted by molar-refractivity contribution is 6.31. The normalized spacial score (nSPS) is 17.8. The Labute approximate surface area is 134 Å². The van der Waals surface area contributed by atoms with Gasteiger partial charge in [0, 0.05) is 24.0 Å². The third kappa shape index (κ3) is 3.82. The van der Waals surface area contributed by atoms with Gasteiger partial charge >= 0.3 is 6.03 Å². The molecule has 1 aromatic carbocycles. The summed E-state index contributed by atoms with van der Waals surface area (Å²) in [7, 11) is 1.52. The van der Waals surface area contributed by atoms with Gasteiger partial charge < -0.3 is 20.3 Å². The van der Waals surface area contributed by atoms with Crippen LogP contribution in [0.15, 0.2) is 18.2 Å². The van der Waals surface area contributed by atoms with E-state index in [2.05, 4.69) is 10.6 Å². The van der Waals surface area contributed by atoms with Crippen molar-refractivity contribution in [2.45, 2.75) is 32.4 Å². The molecule has 1 aliphatic rings. The number of likely N-dealkylation sites (tertiary alicyclic amines) is 1. The number of anilines is 1. The number of methoxy groups -OCH3 is 1. The fourth-order valence-corrected chi connectivity index (χ4v) is 2.62. The van der Waals surface area contributed by atoms with E-state index in [1.54, 1.807) is 23.1 Å². The Balaban J connectivity index is 1.97. The number of ether oxygens (including phenoxy) is 1. The molecule has 120 valence electrons. The van der Waals surface area contributed by atoms with Crippen molar-refractivity contribution in [3.8, 4) is 5.75 Å². The molecule has 0 radical (unpaired) electrons. The molecule has 1 atom stereocenters. The second kappa shape index (κ2) is 6.87. The summed E-state index contributed by atoms with van der Waals surface area (Å²) in [6, 6.07) is 4.52. The van der Waals surface area contributed by atoms with Gasteiger partial charge in [-0.25, -0.2) is 4.79 Å². The van der Waals surface area contributed by atoms with Crippen molar-refractivity contribution >= 4 is 29.2 Å². The van der Waals surface area contributed by atoms with Crippen LogP contribution < -0.4 is 15.4 Å². The van der Waals surface area contributed by atoms with Crippen molar-refractivity contribution in [3.05, 3.63) is 23.2 Å². The van der Waals surface area contributed by atoms with Crippen molar-refractivity contribution in [2.75, 3.05) is 19.0 Å². The van der Waals surface area contributed by atoms with E-state index in [9.17, 15) is 9.59 Å². The van der Waals surface area contributed by atoms with Crippen molar-refractivity contribution in [1.82, 2.24) is 10.2 Å². The number of carbonyl (C=O) groups is 2. The molecule has 0 aliphatic carbocycles. The molecule has 1 heterocycles. The van der Waals surface area contributed by atoms with E-state index in [4.69, 9.17) is 16.3 Å². The molecule has 1 aliphatic heterocycles. The van der Waals surface area contributed by atoms with Gasteiger partial charge in [0.2, 0.25) is 5.91 Å². The maximum atomic E-state index is 12.1. The number of rotatable bonds is 4. The standard InChI is InChI=1S/C15H20ClN3O3/c1-9(2)19-8-11(7-14(19)20)17-15(21)18-12-6-10(16)4-5-13(12)22-3/h4-6,9,11H,7-8H2,1-3H3,(H2,17,18,21). The van der Waals surface area contributed by atoms with Gasteiger partial charge in [0.25, 0.3) is 0 Å². The topological polar surface area (TPSA) is 70.7 Å². The minimum atomic E-state index is -0.385. The molecule has 0 bridgehead atoms. The van der Waals surface area contributed by atoms with Crippen molar-refractivity contribution in [2.24, 2.45) is 0 Å². The Bertz CT molecular complexity index is 577. The van der Waals surface area contributed by atoms with Gasteiger partial charge in [-0.1, -0.05) is 11.6 Å². The Morgan fingerprint density at radius 2 is 2.18 bits per heavy atom. The number of amides is 3. The summed E-state index contributed by atoms with van der Waals surface area (Å²) in [4.78, 5) is 25.7. The fraction of sp³-hybridized carbons (Fsp3) is 0.467. The Morgan fingerprint density at radius 1 is 1.45 bits per heavy atom. The average molecular weight is 326 g/mol. The molecule has 22 heavy (non-hydrogen) atoms. The Kier molecular flexibility index (Phi) is 5.13. The van der Waals surface area contributed by atoms with E-state index in [1.165, 1.54) is 7.11 Å². The largest absolute Gasteiger partial charge is 0.495 e. The summed E-state index contributed by atoms with van der Waals surface area (Å²) in [5, 5.41) is 6.00. The summed E-state index contributed by atoms with van der Waals surface area (Å²) in [6.45, 7) is 4.44. The molecule has 6 nitrogen and oxygen atoms in total. The maximum Gasteiger partial charge on any atom is 0.319 e. The van der Waals surface area contributed by atoms with Crippen LogP contribution in [0.1, 0.15) is 20.3 Å². The lowest BCUT2D eigenvalue weighted by molar-refractivity contribution is -0.129. The molecule has 1 unspecified atom stereocenters. The zero-order valence-electron chi connectivity index (χ0n) is 12.9. The first-order chi connectivity index (χ1) is 10.4. The molecule has 1 aromatic rings. The van der Waals surface area contributed by atoms with Crippen LogP contribution in [0.4, 0.5) is 10.5 Å². The van der Waals surface area contributed by atoms with Crippen LogP contribution in [0.3, 0.4) is 0 Å². The van der Waals surface area contributed by atoms with E-state index in [-0.39, 0.29) is 24.0 Å². The number of hydrogen-bond acceptors (Lipinski definition) is 3. The predicted molar refractivity (Wildman–Crippen MR) is 85.4 cm³/mol. The number of nitrogens with one attached hydrogen (secondary N) is 2. The second-order valence-corrected chi connectivity index (χ2v) is 5.92. The van der Waals surface area contributed by atoms with Gasteiger partial charge in [0.15, 0.2) is 0 Å². The minimum Gasteiger partial charge on any atom is -0.495 e. The summed E-state index contributed by atoms with van der Waals surface area (Å²) in [5.41, 5.74) is 0.484. The van der Waals surface area contributed by atoms with Crippen LogP contribution in [0.2, 0.25) is 5.02 Å². The van der Waals surface area contributed by atoms with Crippen molar-refractivity contribution in [3.63, 3.8) is 0 Å². The highest BCUT2D eigenvalue weighted by Gasteiger charge is 2.32. The molecule has 2 rings (SSSR count). The molecule has 0 spiro atoms. The first-order valence-electron chi connectivity index (χ1n) is 7.11. The molecule has 1 fully saturated rings. The van der Waals surface area contributed by atoms with E-state index in [0.717, 1.165) is 0 Å². The average Bonchev–Trinajstić information content (AvgIpc) is 2.79. The molecule has 0 aromatic heterocycles. The molecule has 7 heteroatoms. The molecule has 0 saturated carbocycles. The van der Waals surface area contributed by atoms with Crippen LogP contribution in [-0.2, 0) is 4.79 Å². The maximum absolute atomic E-state index is 12.1. The number of benzene rings is 1. The number of urea groups is 1. The first-order valence-corrected chi connectivity index (χ1v) is 7.49. The predicted octanol–water partition coefficient (Wildman–Crippen LogP) is 2.48. The SMILES string of the molecule is COc1ccc(Cl)cc1NC(=O)NC1CC(=O)N(C(C)C)C1. The summed E-state index contributed by atoms with van der Waals surface area (Å²) in [5.74, 6) is 0.575. The quantitative estimate of drug-likeness (QED) is 0.893. The van der Waals surface area contributed by atoms with Gasteiger partial charge in [-0.05, 0) is 32.0 Å². The zero-order chi connectivity index (χ0) is 16.3. The van der Waals surface area contributed by atoms with E-state index in [1.807, 2.05) is 13.8 Å². The van der Waals surface area contributed by atoms with E-state index < -0.39 is 0 Å². The van der Waals surface area contributed by atoms with Crippen LogP contribution in [0, 0.1) is 0 Å². The van der Waals surface area contributed by atoms with E-state index in [0.29, 0.717) is 29.4 Å². The first kappa shape index (κ1) is 16.4. The lowest BCUT2D eigenvalue weighted by atomic mass is 10.2. The highest BCUT2D eigenvalue weighted by atomic mass is 35.5. The summed E-state index contributed by atoms with van der Waals surface area (Å²) >= 11 is 5.92. The van der Waals surface area contributed by atoms with Crippen LogP contribution in [-0.4, -0.2) is 42.6 Å². The summed E-state index contributed by atoms with van der Waals surface area (Å²) in [6.07, 6.45) is 0.318. The lowest BCUT2D eigenvalue weighted by Crippen LogP contribution is -2.40. The van der Waals surface area contributed by atoms with Crippen molar-refractivity contribution in [1.29, 1.82) is 0 Å². The van der Waals surface area contributed by atoms with E-state index >= 15 is 0 Å². The minimum absolute atomic E-state index is 0.0561. The van der Waals surface area contributed by atoms with Gasteiger partial charge in [0.1, 0.15) is 5.75 Å². The van der Waals surface area contributed by atoms with Crippen LogP contribution >= 0.6 is 11.6 Å². The lowest BCUT2D eigenvalue weighted by Gasteiger charge is -2.21. The zero-order valence-corrected chi connectivity index (χ0v) is 13.6. The third-order valence-corrected chi connectivity index (χ3v) is 3.76. The fourth-order valence-electron chi connectivity index (χ4n) is 2.45. The van der Waals surface area contributed by atoms with Crippen molar-refractivity contribution < 1.29 is 14.3 Å². The molecule has 2 N–H and O–H groups in total. The van der Waals surface area contributed by atoms with Gasteiger partial charge in [-0.3, -0.25) is 4.79 Å². The molecule has 1 saturated heterocycles. The molecular weight excluding hydrogens is 306 g/mol. The van der Waals surface area contributed by atoms with Gasteiger partial charge in [-0.2, -0.15) is 0 Å². The second-order valence-electron chi connectivity index (χ2n) is 5.48. The Hall–Kier alpha value is -1.95. The molecular formula is C15H20ClN3O3. The third-order valence-electron chi connectivity index (χ3n) is 3.53. The number of carbonyl (C=O) groups excluding carboxylic acids is 2. The number of nitrogens with zero attached hydrogens (tertiary/aromatic N) is 1.